The van der Waals surface area contributed by atoms with Crippen LogP contribution in [0.15, 0.2) is 110 Å². The van der Waals surface area contributed by atoms with E-state index in [1.54, 1.807) is 0 Å². The van der Waals surface area contributed by atoms with Gasteiger partial charge in [-0.2, -0.15) is 0 Å². The second kappa shape index (κ2) is 12.2. The van der Waals surface area contributed by atoms with Crippen molar-refractivity contribution in [3.05, 3.63) is 132 Å². The fourth-order valence-corrected chi connectivity index (χ4v) is 4.95. The molecule has 0 saturated heterocycles. The molecule has 0 bridgehead atoms. The van der Waals surface area contributed by atoms with E-state index in [1.807, 2.05) is 24.3 Å². The summed E-state index contributed by atoms with van der Waals surface area (Å²) in [5.41, 5.74) is 6.72. The molecule has 0 aliphatic heterocycles. The molecule has 0 spiro atoms. The van der Waals surface area contributed by atoms with Gasteiger partial charge in [0.1, 0.15) is 24.7 Å². The number of aliphatic carboxylic acids is 1. The topological polar surface area (TPSA) is 96.2 Å². The summed E-state index contributed by atoms with van der Waals surface area (Å²) in [7, 11) is 0. The maximum Gasteiger partial charge on any atom is 0.327 e. The number of fused-ring (bicyclic) bond motifs is 3. The Morgan fingerprint density at radius 2 is 1.05 bits per heavy atom. The number of benzene rings is 4. The second-order valence-corrected chi connectivity index (χ2v) is 8.58. The van der Waals surface area contributed by atoms with Crippen LogP contribution in [0.1, 0.15) is 22.3 Å². The number of carbonyl (C=O) groups is 1. The summed E-state index contributed by atoms with van der Waals surface area (Å²) in [5, 5.41) is 25.8. The molecule has 6 nitrogen and oxygen atoms in total. The van der Waals surface area contributed by atoms with Gasteiger partial charge < -0.3 is 24.8 Å². The van der Waals surface area contributed by atoms with Gasteiger partial charge in [-0.1, -0.05) is 79.4 Å². The lowest BCUT2D eigenvalue weighted by atomic mass is 9.68. The summed E-state index contributed by atoms with van der Waals surface area (Å²) < 4.78 is 11.2. The Hall–Kier alpha value is -4.39. The fraction of sp³-hybridized carbons (Fsp3) is 0.156. The smallest absolute Gasteiger partial charge is 0.327 e. The highest BCUT2D eigenvalue weighted by Gasteiger charge is 2.45. The third-order valence-corrected chi connectivity index (χ3v) is 6.42. The number of aliphatic hydroxyl groups is 2. The Morgan fingerprint density at radius 3 is 1.39 bits per heavy atom. The Labute approximate surface area is 222 Å². The van der Waals surface area contributed by atoms with Gasteiger partial charge in [-0.3, -0.25) is 0 Å². The molecule has 6 heteroatoms. The molecule has 0 atom stereocenters. The Kier molecular flexibility index (Phi) is 8.58. The summed E-state index contributed by atoms with van der Waals surface area (Å²) in [6.45, 7) is 3.47. The van der Waals surface area contributed by atoms with E-state index in [0.29, 0.717) is 0 Å². The molecule has 4 aromatic carbocycles. The van der Waals surface area contributed by atoms with Crippen LogP contribution in [-0.4, -0.2) is 47.7 Å². The van der Waals surface area contributed by atoms with Gasteiger partial charge in [-0.15, -0.1) is 0 Å². The zero-order chi connectivity index (χ0) is 27.0. The number of hydrogen-bond acceptors (Lipinski definition) is 5. The van der Waals surface area contributed by atoms with Crippen molar-refractivity contribution in [2.24, 2.45) is 0 Å². The molecule has 1 aliphatic rings. The number of hydrogen-bond donors (Lipinski definition) is 3. The lowest BCUT2D eigenvalue weighted by Crippen LogP contribution is -2.28. The van der Waals surface area contributed by atoms with Crippen LogP contribution in [0.5, 0.6) is 11.5 Å². The van der Waals surface area contributed by atoms with E-state index >= 15 is 0 Å². The molecular formula is C32H30O6. The van der Waals surface area contributed by atoms with E-state index in [4.69, 9.17) is 24.8 Å². The van der Waals surface area contributed by atoms with Crippen molar-refractivity contribution < 1.29 is 29.6 Å². The molecule has 0 unspecified atom stereocenters. The third kappa shape index (κ3) is 5.18. The number of aliphatic hydroxyl groups excluding tert-OH is 2. The van der Waals surface area contributed by atoms with Crippen LogP contribution in [-0.2, 0) is 10.2 Å². The van der Waals surface area contributed by atoms with Gasteiger partial charge in [0.2, 0.25) is 0 Å². The normalized spacial score (nSPS) is 12.4. The number of carboxylic acids is 1. The first kappa shape index (κ1) is 26.7. The van der Waals surface area contributed by atoms with Crippen LogP contribution < -0.4 is 9.47 Å². The van der Waals surface area contributed by atoms with Crippen molar-refractivity contribution in [1.29, 1.82) is 0 Å². The van der Waals surface area contributed by atoms with E-state index in [2.05, 4.69) is 79.4 Å². The van der Waals surface area contributed by atoms with Gasteiger partial charge >= 0.3 is 5.97 Å². The molecule has 3 N–H and O–H groups in total. The Balaban J connectivity index is 0.000000617. The van der Waals surface area contributed by atoms with Crippen molar-refractivity contribution >= 4 is 5.97 Å². The molecule has 5 rings (SSSR count). The van der Waals surface area contributed by atoms with E-state index in [0.717, 1.165) is 28.7 Å². The zero-order valence-corrected chi connectivity index (χ0v) is 20.9. The van der Waals surface area contributed by atoms with Gasteiger partial charge in [-0.25, -0.2) is 4.79 Å². The zero-order valence-electron chi connectivity index (χ0n) is 20.9. The van der Waals surface area contributed by atoms with Crippen molar-refractivity contribution in [2.45, 2.75) is 5.41 Å². The highest BCUT2D eigenvalue weighted by atomic mass is 16.5. The molecular weight excluding hydrogens is 480 g/mol. The largest absolute Gasteiger partial charge is 0.491 e. The summed E-state index contributed by atoms with van der Waals surface area (Å²) in [6.07, 6.45) is 0.833. The van der Waals surface area contributed by atoms with E-state index in [1.165, 1.54) is 22.3 Å². The lowest BCUT2D eigenvalue weighted by Gasteiger charge is -2.34. The van der Waals surface area contributed by atoms with E-state index in [-0.39, 0.29) is 26.4 Å². The molecule has 1 aliphatic carbocycles. The maximum absolute atomic E-state index is 9.25. The van der Waals surface area contributed by atoms with Crippen LogP contribution in [0, 0.1) is 0 Å². The van der Waals surface area contributed by atoms with Gasteiger partial charge in [-0.05, 0) is 57.6 Å². The summed E-state index contributed by atoms with van der Waals surface area (Å²) in [5.74, 6) is 0.482. The summed E-state index contributed by atoms with van der Waals surface area (Å²) >= 11 is 0. The average molecular weight is 511 g/mol. The van der Waals surface area contributed by atoms with Crippen molar-refractivity contribution in [3.8, 4) is 22.6 Å². The highest BCUT2D eigenvalue weighted by Crippen LogP contribution is 2.56. The fourth-order valence-electron chi connectivity index (χ4n) is 4.95. The minimum atomic E-state index is -0.981. The third-order valence-electron chi connectivity index (χ3n) is 6.42. The monoisotopic (exact) mass is 510 g/mol. The van der Waals surface area contributed by atoms with Crippen LogP contribution in [0.25, 0.3) is 11.1 Å². The van der Waals surface area contributed by atoms with E-state index in [9.17, 15) is 4.79 Å². The molecule has 0 aromatic heterocycles. The van der Waals surface area contributed by atoms with Crippen LogP contribution in [0.4, 0.5) is 0 Å². The Bertz CT molecular complexity index is 1280. The van der Waals surface area contributed by atoms with Crippen molar-refractivity contribution in [1.82, 2.24) is 0 Å². The first-order valence-electron chi connectivity index (χ1n) is 12.3. The minimum absolute atomic E-state index is 0.0167. The lowest BCUT2D eigenvalue weighted by molar-refractivity contribution is -0.131. The summed E-state index contributed by atoms with van der Waals surface area (Å²) in [4.78, 5) is 9.25. The number of rotatable bonds is 9. The predicted octanol–water partition coefficient (Wildman–Crippen LogP) is 5.05. The van der Waals surface area contributed by atoms with Crippen LogP contribution in [0.3, 0.4) is 0 Å². The molecule has 4 aromatic rings. The molecule has 0 radical (unpaired) electrons. The first-order chi connectivity index (χ1) is 18.6. The highest BCUT2D eigenvalue weighted by molar-refractivity contribution is 5.86. The van der Waals surface area contributed by atoms with Gasteiger partial charge in [0, 0.05) is 6.08 Å². The second-order valence-electron chi connectivity index (χ2n) is 8.58. The predicted molar refractivity (Wildman–Crippen MR) is 147 cm³/mol. The molecule has 0 fully saturated rings. The van der Waals surface area contributed by atoms with Crippen molar-refractivity contribution in [3.63, 3.8) is 0 Å². The summed E-state index contributed by atoms with van der Waals surface area (Å²) in [6, 6.07) is 33.5. The molecule has 0 heterocycles. The number of carboxylic acid groups (broad SMARTS) is 1. The maximum atomic E-state index is 9.25. The minimum Gasteiger partial charge on any atom is -0.491 e. The first-order valence-corrected chi connectivity index (χ1v) is 12.3. The van der Waals surface area contributed by atoms with Crippen LogP contribution in [0.2, 0.25) is 0 Å². The molecule has 194 valence electrons. The molecule has 0 saturated carbocycles. The Morgan fingerprint density at radius 1 is 0.684 bits per heavy atom. The SMILES string of the molecule is C=CC(=O)O.OCCOc1ccc(C2(c3ccc(OCCO)cc3)c3ccccc3-c3ccccc32)cc1. The molecule has 38 heavy (non-hydrogen) atoms. The molecule has 0 amide bonds. The average Bonchev–Trinajstić information content (AvgIpc) is 3.27. The van der Waals surface area contributed by atoms with Crippen LogP contribution >= 0.6 is 0 Å². The van der Waals surface area contributed by atoms with Crippen molar-refractivity contribution in [2.75, 3.05) is 26.4 Å². The van der Waals surface area contributed by atoms with Gasteiger partial charge in [0.05, 0.1) is 18.6 Å². The quantitative estimate of drug-likeness (QED) is 0.240. The standard InChI is InChI=1S/C29H26O4.C3H4O2/c30-17-19-32-23-13-9-21(10-14-23)29(22-11-15-24(16-12-22)33-20-18-31)27-7-3-1-5-25(27)26-6-2-4-8-28(26)29;1-2-3(4)5/h1-16,30-31H,17-20H2;2H,1H2,(H,4,5). The number of ether oxygens (including phenoxy) is 2. The van der Waals surface area contributed by atoms with Gasteiger partial charge in [0.25, 0.3) is 0 Å². The van der Waals surface area contributed by atoms with Gasteiger partial charge in [0.15, 0.2) is 0 Å². The van der Waals surface area contributed by atoms with E-state index < -0.39 is 11.4 Å².